The number of nitrogens with zero attached hydrogens (tertiary/aromatic N) is 4. The van der Waals surface area contributed by atoms with E-state index in [0.717, 1.165) is 12.2 Å². The van der Waals surface area contributed by atoms with Gasteiger partial charge in [0, 0.05) is 12.7 Å². The van der Waals surface area contributed by atoms with E-state index in [-0.39, 0.29) is 0 Å². The van der Waals surface area contributed by atoms with Gasteiger partial charge in [-0.05, 0) is 13.0 Å². The molecule has 0 saturated carbocycles. The number of nitrogen functional groups attached to an aromatic ring is 1. The molecule has 3 aromatic heterocycles. The molecule has 0 aliphatic carbocycles. The summed E-state index contributed by atoms with van der Waals surface area (Å²) in [6.45, 7) is 2.82. The van der Waals surface area contributed by atoms with Crippen molar-refractivity contribution >= 4 is 34.7 Å². The highest BCUT2D eigenvalue weighted by atomic mass is 35.5. The van der Waals surface area contributed by atoms with E-state index in [1.807, 2.05) is 11.5 Å². The van der Waals surface area contributed by atoms with Crippen LogP contribution in [0, 0.1) is 0 Å². The number of rotatable bonds is 2. The quantitative estimate of drug-likeness (QED) is 0.790. The van der Waals surface area contributed by atoms with Gasteiger partial charge in [-0.3, -0.25) is 4.40 Å². The van der Waals surface area contributed by atoms with E-state index in [9.17, 15) is 0 Å². The third-order valence-corrected chi connectivity index (χ3v) is 3.46. The first-order valence-corrected chi connectivity index (χ1v) is 6.50. The Morgan fingerprint density at radius 2 is 2.16 bits per heavy atom. The van der Waals surface area contributed by atoms with Crippen molar-refractivity contribution in [2.24, 2.45) is 0 Å². The summed E-state index contributed by atoms with van der Waals surface area (Å²) in [6, 6.07) is 1.64. The Hall–Kier alpha value is -1.72. The van der Waals surface area contributed by atoms with Gasteiger partial charge in [-0.25, -0.2) is 9.97 Å². The number of nitrogens with two attached hydrogens (primary N) is 1. The Bertz CT molecular complexity index is 759. The average molecular weight is 296 g/mol. The van der Waals surface area contributed by atoms with Gasteiger partial charge in [0.05, 0.1) is 28.3 Å². The largest absolute Gasteiger partial charge is 0.383 e. The third kappa shape index (κ3) is 1.86. The first kappa shape index (κ1) is 12.3. The summed E-state index contributed by atoms with van der Waals surface area (Å²) in [7, 11) is 0. The second kappa shape index (κ2) is 4.43. The van der Waals surface area contributed by atoms with Crippen LogP contribution in [0.25, 0.3) is 17.0 Å². The topological polar surface area (TPSA) is 61.1 Å². The Balaban J connectivity index is 2.32. The fraction of sp³-hybridized carbons (Fsp3) is 0.167. The van der Waals surface area contributed by atoms with E-state index in [0.29, 0.717) is 27.2 Å². The molecule has 0 aliphatic heterocycles. The van der Waals surface area contributed by atoms with Crippen LogP contribution in [0.15, 0.2) is 24.8 Å². The molecular formula is C12H11Cl2N5. The van der Waals surface area contributed by atoms with Gasteiger partial charge in [-0.2, -0.15) is 0 Å². The second-order valence-corrected chi connectivity index (χ2v) is 4.95. The van der Waals surface area contributed by atoms with E-state index >= 15 is 0 Å². The smallest absolute Gasteiger partial charge is 0.158 e. The van der Waals surface area contributed by atoms with Gasteiger partial charge in [0.15, 0.2) is 5.65 Å². The molecule has 0 amide bonds. The van der Waals surface area contributed by atoms with Crippen LogP contribution < -0.4 is 5.73 Å². The van der Waals surface area contributed by atoms with E-state index in [2.05, 4.69) is 9.97 Å². The zero-order chi connectivity index (χ0) is 13.6. The molecule has 2 N–H and O–H groups in total. The van der Waals surface area contributed by atoms with Crippen LogP contribution in [-0.4, -0.2) is 18.9 Å². The molecule has 3 rings (SSSR count). The molecule has 7 heteroatoms. The fourth-order valence-corrected chi connectivity index (χ4v) is 2.56. The van der Waals surface area contributed by atoms with Crippen LogP contribution in [0.4, 0.5) is 5.82 Å². The Labute approximate surface area is 119 Å². The number of aromatic nitrogens is 4. The maximum Gasteiger partial charge on any atom is 0.158 e. The molecule has 3 aromatic rings. The monoisotopic (exact) mass is 295 g/mol. The molecule has 98 valence electrons. The number of hydrogen-bond donors (Lipinski definition) is 1. The molecule has 19 heavy (non-hydrogen) atoms. The lowest BCUT2D eigenvalue weighted by Crippen LogP contribution is -1.98. The predicted molar refractivity (Wildman–Crippen MR) is 76.5 cm³/mol. The normalized spacial score (nSPS) is 11.3. The number of pyridine rings is 1. The number of halogens is 2. The van der Waals surface area contributed by atoms with Gasteiger partial charge >= 0.3 is 0 Å². The molecule has 0 radical (unpaired) electrons. The van der Waals surface area contributed by atoms with Gasteiger partial charge in [0.25, 0.3) is 0 Å². The lowest BCUT2D eigenvalue weighted by molar-refractivity contribution is 0.767. The zero-order valence-corrected chi connectivity index (χ0v) is 11.7. The summed E-state index contributed by atoms with van der Waals surface area (Å²) in [6.07, 6.45) is 5.17. The van der Waals surface area contributed by atoms with E-state index in [1.165, 1.54) is 0 Å². The number of imidazole rings is 2. The van der Waals surface area contributed by atoms with Gasteiger partial charge in [0.2, 0.25) is 0 Å². The van der Waals surface area contributed by atoms with Crippen molar-refractivity contribution in [3.8, 4) is 11.4 Å². The highest BCUT2D eigenvalue weighted by Crippen LogP contribution is 2.30. The van der Waals surface area contributed by atoms with Gasteiger partial charge in [0.1, 0.15) is 11.5 Å². The average Bonchev–Trinajstić information content (AvgIpc) is 2.95. The molecular weight excluding hydrogens is 285 g/mol. The van der Waals surface area contributed by atoms with Crippen LogP contribution in [0.1, 0.15) is 6.92 Å². The number of fused-ring (bicyclic) bond motifs is 1. The molecule has 0 aliphatic rings. The molecule has 0 fully saturated rings. The third-order valence-electron chi connectivity index (χ3n) is 2.97. The SMILES string of the molecule is CCn1cncc1-c1nc2c(Cl)cc(Cl)cn2c1N. The maximum absolute atomic E-state index is 6.14. The molecule has 5 nitrogen and oxygen atoms in total. The number of aryl methyl sites for hydroxylation is 1. The van der Waals surface area contributed by atoms with Crippen molar-refractivity contribution in [1.29, 1.82) is 0 Å². The van der Waals surface area contributed by atoms with Crippen molar-refractivity contribution in [3.05, 3.63) is 34.8 Å². The van der Waals surface area contributed by atoms with Crippen LogP contribution >= 0.6 is 23.2 Å². The van der Waals surface area contributed by atoms with Gasteiger partial charge in [-0.15, -0.1) is 0 Å². The van der Waals surface area contributed by atoms with Crippen LogP contribution in [-0.2, 0) is 6.54 Å². The van der Waals surface area contributed by atoms with Crippen molar-refractivity contribution in [3.63, 3.8) is 0 Å². The summed E-state index contributed by atoms with van der Waals surface area (Å²) >= 11 is 12.1. The standard InChI is InChI=1S/C12H11Cl2N5/c1-2-18-6-16-4-9(18)10-11(15)19-5-7(13)3-8(14)12(19)17-10/h3-6H,2,15H2,1H3. The number of hydrogen-bond acceptors (Lipinski definition) is 3. The molecule has 0 aromatic carbocycles. The molecule has 0 saturated heterocycles. The van der Waals surface area contributed by atoms with Crippen molar-refractivity contribution in [1.82, 2.24) is 18.9 Å². The highest BCUT2D eigenvalue weighted by Gasteiger charge is 2.16. The lowest BCUT2D eigenvalue weighted by Gasteiger charge is -2.03. The predicted octanol–water partition coefficient (Wildman–Crippen LogP) is 3.11. The number of anilines is 1. The summed E-state index contributed by atoms with van der Waals surface area (Å²) in [5.41, 5.74) is 8.23. The second-order valence-electron chi connectivity index (χ2n) is 4.11. The molecule has 0 bridgehead atoms. The highest BCUT2D eigenvalue weighted by molar-refractivity contribution is 6.36. The van der Waals surface area contributed by atoms with E-state index < -0.39 is 0 Å². The molecule has 0 atom stereocenters. The Morgan fingerprint density at radius 3 is 2.89 bits per heavy atom. The summed E-state index contributed by atoms with van der Waals surface area (Å²) < 4.78 is 3.65. The van der Waals surface area contributed by atoms with Crippen LogP contribution in [0.5, 0.6) is 0 Å². The van der Waals surface area contributed by atoms with Crippen LogP contribution in [0.2, 0.25) is 10.0 Å². The van der Waals surface area contributed by atoms with Crippen molar-refractivity contribution in [2.45, 2.75) is 13.5 Å². The minimum absolute atomic E-state index is 0.466. The molecule has 0 unspecified atom stereocenters. The minimum Gasteiger partial charge on any atom is -0.383 e. The van der Waals surface area contributed by atoms with Gasteiger partial charge < -0.3 is 10.3 Å². The van der Waals surface area contributed by atoms with Crippen molar-refractivity contribution in [2.75, 3.05) is 5.73 Å². The maximum atomic E-state index is 6.14. The summed E-state index contributed by atoms with van der Waals surface area (Å²) in [5, 5.41) is 0.977. The first-order chi connectivity index (χ1) is 9.11. The lowest BCUT2D eigenvalue weighted by atomic mass is 10.3. The molecule has 3 heterocycles. The summed E-state index contributed by atoms with van der Waals surface area (Å²) in [4.78, 5) is 8.61. The van der Waals surface area contributed by atoms with E-state index in [1.54, 1.807) is 29.2 Å². The zero-order valence-electron chi connectivity index (χ0n) is 10.1. The first-order valence-electron chi connectivity index (χ1n) is 5.75. The Kier molecular flexibility index (Phi) is 2.88. The van der Waals surface area contributed by atoms with Gasteiger partial charge in [-0.1, -0.05) is 23.2 Å². The summed E-state index contributed by atoms with van der Waals surface area (Å²) in [5.74, 6) is 0.495. The Morgan fingerprint density at radius 1 is 1.37 bits per heavy atom. The minimum atomic E-state index is 0.466. The van der Waals surface area contributed by atoms with Crippen LogP contribution in [0.3, 0.4) is 0 Å². The van der Waals surface area contributed by atoms with Crippen molar-refractivity contribution < 1.29 is 0 Å². The van der Waals surface area contributed by atoms with E-state index in [4.69, 9.17) is 28.9 Å². The fourth-order valence-electron chi connectivity index (χ4n) is 2.05. The molecule has 0 spiro atoms.